The van der Waals surface area contributed by atoms with E-state index in [1.54, 1.807) is 0 Å². The summed E-state index contributed by atoms with van der Waals surface area (Å²) in [7, 11) is 0. The van der Waals surface area contributed by atoms with Crippen molar-refractivity contribution in [2.45, 2.75) is 58.8 Å². The largest absolute Gasteiger partial charge is 0.484 e. The molecule has 1 atom stereocenters. The van der Waals surface area contributed by atoms with E-state index in [9.17, 15) is 0 Å². The van der Waals surface area contributed by atoms with Crippen LogP contribution >= 0.6 is 0 Å². The number of unbranched alkanes of at least 4 members (excludes halogenated alkanes) is 4. The lowest BCUT2D eigenvalue weighted by Gasteiger charge is -2.10. The van der Waals surface area contributed by atoms with Crippen LogP contribution in [0.5, 0.6) is 0 Å². The van der Waals surface area contributed by atoms with Gasteiger partial charge in [-0.25, -0.2) is 0 Å². The third-order valence-corrected chi connectivity index (χ3v) is 2.61. The number of rotatable bonds is 10. The number of hydrogen-bond acceptors (Lipinski definition) is 2. The average molecular weight is 199 g/mol. The zero-order valence-corrected chi connectivity index (χ0v) is 9.72. The van der Waals surface area contributed by atoms with Gasteiger partial charge < -0.3 is 4.74 Å². The Morgan fingerprint density at radius 1 is 1.14 bits per heavy atom. The van der Waals surface area contributed by atoms with Crippen molar-refractivity contribution in [3.8, 4) is 0 Å². The van der Waals surface area contributed by atoms with Gasteiger partial charge in [0, 0.05) is 0 Å². The summed E-state index contributed by atoms with van der Waals surface area (Å²) in [4.78, 5) is 0. The third kappa shape index (κ3) is 9.56. The third-order valence-electron chi connectivity index (χ3n) is 2.61. The zero-order chi connectivity index (χ0) is 10.6. The summed E-state index contributed by atoms with van der Waals surface area (Å²) < 4.78 is 4.89. The van der Waals surface area contributed by atoms with E-state index in [1.165, 1.54) is 38.5 Å². The normalized spacial score (nSPS) is 12.4. The summed E-state index contributed by atoms with van der Waals surface area (Å²) in [6.07, 6.45) is 10.3. The Labute approximate surface area is 88.6 Å². The summed E-state index contributed by atoms with van der Waals surface area (Å²) in [5, 5.41) is 6.71. The van der Waals surface area contributed by atoms with Gasteiger partial charge in [-0.05, 0) is 12.3 Å². The van der Waals surface area contributed by atoms with Crippen molar-refractivity contribution in [1.29, 1.82) is 5.41 Å². The van der Waals surface area contributed by atoms with Gasteiger partial charge in [0.15, 0.2) is 6.40 Å². The Morgan fingerprint density at radius 3 is 2.50 bits per heavy atom. The monoisotopic (exact) mass is 199 g/mol. The molecule has 2 heteroatoms. The molecule has 0 aliphatic heterocycles. The highest BCUT2D eigenvalue weighted by Crippen LogP contribution is 2.13. The molecule has 0 saturated heterocycles. The number of ether oxygens (including phenoxy) is 1. The van der Waals surface area contributed by atoms with E-state index in [-0.39, 0.29) is 0 Å². The van der Waals surface area contributed by atoms with E-state index in [0.717, 1.165) is 18.7 Å². The highest BCUT2D eigenvalue weighted by Gasteiger charge is 2.01. The summed E-state index contributed by atoms with van der Waals surface area (Å²) >= 11 is 0. The van der Waals surface area contributed by atoms with Crippen molar-refractivity contribution >= 4 is 6.40 Å². The minimum absolute atomic E-state index is 0.708. The fourth-order valence-electron chi connectivity index (χ4n) is 1.57. The van der Waals surface area contributed by atoms with Crippen LogP contribution in [0.2, 0.25) is 0 Å². The summed E-state index contributed by atoms with van der Waals surface area (Å²) in [6, 6.07) is 0. The second-order valence-electron chi connectivity index (χ2n) is 4.09. The van der Waals surface area contributed by atoms with Gasteiger partial charge in [0.1, 0.15) is 0 Å². The summed E-state index contributed by atoms with van der Waals surface area (Å²) in [6.45, 7) is 5.23. The van der Waals surface area contributed by atoms with Crippen LogP contribution in [0.4, 0.5) is 0 Å². The van der Waals surface area contributed by atoms with Crippen LogP contribution in [0.25, 0.3) is 0 Å². The van der Waals surface area contributed by atoms with Gasteiger partial charge >= 0.3 is 0 Å². The Morgan fingerprint density at radius 2 is 1.86 bits per heavy atom. The van der Waals surface area contributed by atoms with E-state index in [0.29, 0.717) is 6.61 Å². The Hall–Kier alpha value is -0.530. The minimum atomic E-state index is 0.708. The van der Waals surface area contributed by atoms with Crippen molar-refractivity contribution in [2.24, 2.45) is 5.92 Å². The fourth-order valence-corrected chi connectivity index (χ4v) is 1.57. The molecule has 0 saturated carbocycles. The molecule has 0 radical (unpaired) electrons. The van der Waals surface area contributed by atoms with Crippen LogP contribution in [0.15, 0.2) is 0 Å². The second kappa shape index (κ2) is 10.6. The molecule has 14 heavy (non-hydrogen) atoms. The first-order valence-electron chi connectivity index (χ1n) is 5.91. The molecule has 0 aliphatic rings. The Balaban J connectivity index is 3.09. The molecule has 0 spiro atoms. The molecule has 0 amide bonds. The van der Waals surface area contributed by atoms with Crippen molar-refractivity contribution in [1.82, 2.24) is 0 Å². The molecule has 1 N–H and O–H groups in total. The van der Waals surface area contributed by atoms with Crippen LogP contribution in [-0.2, 0) is 4.74 Å². The molecule has 84 valence electrons. The second-order valence-corrected chi connectivity index (χ2v) is 4.09. The lowest BCUT2D eigenvalue weighted by Crippen LogP contribution is -2.00. The van der Waals surface area contributed by atoms with Crippen LogP contribution < -0.4 is 0 Å². The zero-order valence-electron chi connectivity index (χ0n) is 9.72. The first-order valence-corrected chi connectivity index (χ1v) is 5.91. The van der Waals surface area contributed by atoms with Crippen LogP contribution in [0, 0.1) is 11.3 Å². The molecule has 1 unspecified atom stereocenters. The van der Waals surface area contributed by atoms with Gasteiger partial charge in [-0.2, -0.15) is 0 Å². The SMILES string of the molecule is CCCCCCCC(C)CCOC=N. The maximum atomic E-state index is 6.71. The lowest BCUT2D eigenvalue weighted by molar-refractivity contribution is 0.275. The van der Waals surface area contributed by atoms with Crippen LogP contribution in [0.3, 0.4) is 0 Å². The molecule has 0 aromatic heterocycles. The van der Waals surface area contributed by atoms with Crippen LogP contribution in [0.1, 0.15) is 58.8 Å². The molecule has 0 heterocycles. The maximum absolute atomic E-state index is 6.71. The topological polar surface area (TPSA) is 33.1 Å². The molecule has 0 rings (SSSR count). The molecular formula is C12H25NO. The fraction of sp³-hybridized carbons (Fsp3) is 0.917. The van der Waals surface area contributed by atoms with Crippen molar-refractivity contribution in [2.75, 3.05) is 6.61 Å². The predicted molar refractivity (Wildman–Crippen MR) is 61.9 cm³/mol. The molecule has 0 aromatic rings. The molecular weight excluding hydrogens is 174 g/mol. The van der Waals surface area contributed by atoms with E-state index in [4.69, 9.17) is 10.1 Å². The molecule has 2 nitrogen and oxygen atoms in total. The van der Waals surface area contributed by atoms with Gasteiger partial charge in [0.25, 0.3) is 0 Å². The highest BCUT2D eigenvalue weighted by atomic mass is 16.5. The summed E-state index contributed by atoms with van der Waals surface area (Å²) in [5.74, 6) is 0.747. The first kappa shape index (κ1) is 13.5. The molecule has 0 aromatic carbocycles. The first-order chi connectivity index (χ1) is 6.81. The van der Waals surface area contributed by atoms with Crippen molar-refractivity contribution in [3.05, 3.63) is 0 Å². The standard InChI is InChI=1S/C12H25NO/c1-3-4-5-6-7-8-12(2)9-10-14-11-13/h11-13H,3-10H2,1-2H3. The number of nitrogens with one attached hydrogen (secondary N) is 1. The lowest BCUT2D eigenvalue weighted by atomic mass is 10.00. The van der Waals surface area contributed by atoms with Crippen molar-refractivity contribution < 1.29 is 4.74 Å². The average Bonchev–Trinajstić information content (AvgIpc) is 2.18. The Bertz CT molecular complexity index is 125. The molecule has 0 fully saturated rings. The van der Waals surface area contributed by atoms with Gasteiger partial charge in [-0.1, -0.05) is 52.4 Å². The van der Waals surface area contributed by atoms with E-state index in [2.05, 4.69) is 13.8 Å². The van der Waals surface area contributed by atoms with E-state index >= 15 is 0 Å². The van der Waals surface area contributed by atoms with Gasteiger partial charge in [-0.3, -0.25) is 5.41 Å². The molecule has 0 bridgehead atoms. The Kier molecular flexibility index (Phi) is 10.2. The predicted octanol–water partition coefficient (Wildman–Crippen LogP) is 4.00. The van der Waals surface area contributed by atoms with Gasteiger partial charge in [0.2, 0.25) is 0 Å². The van der Waals surface area contributed by atoms with Gasteiger partial charge in [0.05, 0.1) is 6.61 Å². The minimum Gasteiger partial charge on any atom is -0.484 e. The summed E-state index contributed by atoms with van der Waals surface area (Å²) in [5.41, 5.74) is 0. The van der Waals surface area contributed by atoms with Crippen molar-refractivity contribution in [3.63, 3.8) is 0 Å². The number of hydrogen-bond donors (Lipinski definition) is 1. The van der Waals surface area contributed by atoms with E-state index in [1.807, 2.05) is 0 Å². The maximum Gasteiger partial charge on any atom is 0.166 e. The highest BCUT2D eigenvalue weighted by molar-refractivity contribution is 5.40. The quantitative estimate of drug-likeness (QED) is 0.322. The van der Waals surface area contributed by atoms with Gasteiger partial charge in [-0.15, -0.1) is 0 Å². The molecule has 0 aliphatic carbocycles. The van der Waals surface area contributed by atoms with E-state index < -0.39 is 0 Å². The smallest absolute Gasteiger partial charge is 0.166 e. The van der Waals surface area contributed by atoms with Crippen LogP contribution in [-0.4, -0.2) is 13.0 Å².